The quantitative estimate of drug-likeness (QED) is 0.731. The van der Waals surface area contributed by atoms with Crippen LogP contribution in [0.4, 0.5) is 5.82 Å². The van der Waals surface area contributed by atoms with Gasteiger partial charge in [0.1, 0.15) is 4.99 Å². The van der Waals surface area contributed by atoms with Crippen molar-refractivity contribution >= 4 is 34.4 Å². The van der Waals surface area contributed by atoms with E-state index in [-0.39, 0.29) is 9.86 Å². The molecule has 0 amide bonds. The first-order valence-electron chi connectivity index (χ1n) is 5.53. The third-order valence-electron chi connectivity index (χ3n) is 2.72. The monoisotopic (exact) mass is 295 g/mol. The van der Waals surface area contributed by atoms with Gasteiger partial charge >= 0.3 is 4.87 Å². The second-order valence-electron chi connectivity index (χ2n) is 4.03. The van der Waals surface area contributed by atoms with E-state index in [0.717, 1.165) is 28.3 Å². The van der Waals surface area contributed by atoms with Crippen molar-refractivity contribution in [2.45, 2.75) is 20.4 Å². The Kier molecular flexibility index (Phi) is 3.91. The highest BCUT2D eigenvalue weighted by Crippen LogP contribution is 2.18. The van der Waals surface area contributed by atoms with Crippen LogP contribution in [0.1, 0.15) is 22.5 Å². The highest BCUT2D eigenvalue weighted by atomic mass is 32.1. The minimum atomic E-state index is -0.0856. The largest absolute Gasteiger partial charge is 0.389 e. The van der Waals surface area contributed by atoms with Gasteiger partial charge in [-0.3, -0.25) is 4.79 Å². The number of hydrogen-bond acceptors (Lipinski definition) is 6. The van der Waals surface area contributed by atoms with Gasteiger partial charge in [0.2, 0.25) is 0 Å². The lowest BCUT2D eigenvalue weighted by Gasteiger charge is -2.12. The van der Waals surface area contributed by atoms with E-state index in [0.29, 0.717) is 17.9 Å². The molecule has 0 atom stereocenters. The lowest BCUT2D eigenvalue weighted by molar-refractivity contribution is 0.936. The molecule has 2 aromatic rings. The molecule has 2 rings (SSSR count). The maximum absolute atomic E-state index is 11.0. The van der Waals surface area contributed by atoms with E-state index >= 15 is 0 Å². The Hall–Kier alpha value is -1.80. The maximum Gasteiger partial charge on any atom is 0.304 e. The Morgan fingerprint density at radius 3 is 2.84 bits per heavy atom. The standard InChI is InChI=1S/C11H13N5OS2/c1-5-6(2)15-16-10(8(5)9(12)18)13-3-7-4-19-11(17)14-7/h4H,3H2,1-2H3,(H2,12,18)(H,13,16)(H,14,17). The number of hydrogen-bond donors (Lipinski definition) is 3. The Morgan fingerprint density at radius 2 is 2.26 bits per heavy atom. The number of H-pyrrole nitrogens is 1. The molecule has 2 heterocycles. The molecule has 6 nitrogen and oxygen atoms in total. The molecule has 0 aromatic carbocycles. The predicted octanol–water partition coefficient (Wildman–Crippen LogP) is 1.09. The Labute approximate surface area is 119 Å². The fraction of sp³-hybridized carbons (Fsp3) is 0.273. The Morgan fingerprint density at radius 1 is 1.53 bits per heavy atom. The normalized spacial score (nSPS) is 10.4. The van der Waals surface area contributed by atoms with Crippen LogP contribution in [0.3, 0.4) is 0 Å². The van der Waals surface area contributed by atoms with Gasteiger partial charge in [-0.1, -0.05) is 23.6 Å². The third kappa shape index (κ3) is 2.96. The van der Waals surface area contributed by atoms with E-state index in [1.54, 1.807) is 5.38 Å². The molecule has 0 radical (unpaired) electrons. The van der Waals surface area contributed by atoms with Crippen molar-refractivity contribution in [3.8, 4) is 0 Å². The van der Waals surface area contributed by atoms with Crippen molar-refractivity contribution in [1.82, 2.24) is 15.2 Å². The van der Waals surface area contributed by atoms with Crippen molar-refractivity contribution in [1.29, 1.82) is 0 Å². The van der Waals surface area contributed by atoms with Gasteiger partial charge in [-0.15, -0.1) is 5.10 Å². The van der Waals surface area contributed by atoms with Crippen LogP contribution in [0.15, 0.2) is 10.2 Å². The number of nitrogens with one attached hydrogen (secondary N) is 2. The van der Waals surface area contributed by atoms with Crippen LogP contribution >= 0.6 is 23.6 Å². The van der Waals surface area contributed by atoms with E-state index in [2.05, 4.69) is 20.5 Å². The summed E-state index contributed by atoms with van der Waals surface area (Å²) in [6.45, 7) is 4.19. The summed E-state index contributed by atoms with van der Waals surface area (Å²) in [5.74, 6) is 0.530. The summed E-state index contributed by atoms with van der Waals surface area (Å²) >= 11 is 6.16. The zero-order chi connectivity index (χ0) is 14.0. The van der Waals surface area contributed by atoms with Crippen LogP contribution in [0.25, 0.3) is 0 Å². The van der Waals surface area contributed by atoms with E-state index in [1.165, 1.54) is 0 Å². The van der Waals surface area contributed by atoms with E-state index in [9.17, 15) is 4.79 Å². The number of aromatic nitrogens is 3. The molecule has 0 aliphatic rings. The Bertz CT molecular complexity index is 676. The molecular formula is C11H13N5OS2. The number of rotatable bonds is 4. The molecule has 0 aliphatic heterocycles. The van der Waals surface area contributed by atoms with Gasteiger partial charge in [0, 0.05) is 11.1 Å². The van der Waals surface area contributed by atoms with E-state index in [4.69, 9.17) is 18.0 Å². The highest BCUT2D eigenvalue weighted by molar-refractivity contribution is 7.80. The zero-order valence-corrected chi connectivity index (χ0v) is 12.1. The lowest BCUT2D eigenvalue weighted by atomic mass is 10.1. The van der Waals surface area contributed by atoms with Gasteiger partial charge in [0.25, 0.3) is 0 Å². The van der Waals surface area contributed by atoms with Crippen LogP contribution in [0, 0.1) is 13.8 Å². The van der Waals surface area contributed by atoms with Crippen molar-refractivity contribution in [3.05, 3.63) is 37.6 Å². The summed E-state index contributed by atoms with van der Waals surface area (Å²) in [4.78, 5) is 13.9. The molecule has 0 fully saturated rings. The maximum atomic E-state index is 11.0. The van der Waals surface area contributed by atoms with Crippen molar-refractivity contribution in [2.24, 2.45) is 5.73 Å². The summed E-state index contributed by atoms with van der Waals surface area (Å²) in [5, 5.41) is 12.9. The molecule has 0 unspecified atom stereocenters. The molecule has 100 valence electrons. The fourth-order valence-corrected chi connectivity index (χ4v) is 2.44. The van der Waals surface area contributed by atoms with Crippen LogP contribution in [-0.4, -0.2) is 20.2 Å². The summed E-state index contributed by atoms with van der Waals surface area (Å²) in [6, 6.07) is 0. The van der Waals surface area contributed by atoms with Crippen molar-refractivity contribution in [2.75, 3.05) is 5.32 Å². The highest BCUT2D eigenvalue weighted by Gasteiger charge is 2.13. The number of thiocarbonyl (C=S) groups is 1. The number of aryl methyl sites for hydroxylation is 1. The second-order valence-corrected chi connectivity index (χ2v) is 5.31. The molecule has 0 saturated carbocycles. The topological polar surface area (TPSA) is 96.7 Å². The van der Waals surface area contributed by atoms with Gasteiger partial charge in [0.15, 0.2) is 5.82 Å². The minimum Gasteiger partial charge on any atom is -0.389 e. The summed E-state index contributed by atoms with van der Waals surface area (Å²) in [6.07, 6.45) is 0. The Balaban J connectivity index is 2.27. The lowest BCUT2D eigenvalue weighted by Crippen LogP contribution is -2.18. The number of nitrogens with two attached hydrogens (primary N) is 1. The molecule has 19 heavy (non-hydrogen) atoms. The number of nitrogens with zero attached hydrogens (tertiary/aromatic N) is 2. The molecule has 4 N–H and O–H groups in total. The summed E-state index contributed by atoms with van der Waals surface area (Å²) < 4.78 is 0. The average Bonchev–Trinajstić information content (AvgIpc) is 2.76. The summed E-state index contributed by atoms with van der Waals surface area (Å²) in [5.41, 5.74) is 8.90. The molecule has 0 bridgehead atoms. The van der Waals surface area contributed by atoms with Crippen molar-refractivity contribution < 1.29 is 0 Å². The van der Waals surface area contributed by atoms with Crippen molar-refractivity contribution in [3.63, 3.8) is 0 Å². The molecular weight excluding hydrogens is 282 g/mol. The third-order valence-corrected chi connectivity index (χ3v) is 3.64. The first-order valence-corrected chi connectivity index (χ1v) is 6.82. The van der Waals surface area contributed by atoms with Crippen LogP contribution < -0.4 is 15.9 Å². The van der Waals surface area contributed by atoms with Crippen LogP contribution in [-0.2, 0) is 6.54 Å². The zero-order valence-electron chi connectivity index (χ0n) is 10.5. The van der Waals surface area contributed by atoms with E-state index < -0.39 is 0 Å². The van der Waals surface area contributed by atoms with Gasteiger partial charge in [-0.05, 0) is 19.4 Å². The molecule has 0 spiro atoms. The first-order chi connectivity index (χ1) is 8.99. The SMILES string of the molecule is Cc1nnc(NCc2csc(=O)[nH]2)c(C(N)=S)c1C. The van der Waals surface area contributed by atoms with Crippen LogP contribution in [0.5, 0.6) is 0 Å². The fourth-order valence-electron chi connectivity index (χ4n) is 1.61. The van der Waals surface area contributed by atoms with E-state index in [1.807, 2.05) is 13.8 Å². The number of thiazole rings is 1. The molecule has 0 aliphatic carbocycles. The summed E-state index contributed by atoms with van der Waals surface area (Å²) in [7, 11) is 0. The number of aromatic amines is 1. The predicted molar refractivity (Wildman–Crippen MR) is 79.7 cm³/mol. The molecule has 2 aromatic heterocycles. The smallest absolute Gasteiger partial charge is 0.304 e. The number of anilines is 1. The molecule has 8 heteroatoms. The average molecular weight is 295 g/mol. The molecule has 0 saturated heterocycles. The first kappa shape index (κ1) is 13.6. The van der Waals surface area contributed by atoms with Gasteiger partial charge < -0.3 is 16.0 Å². The minimum absolute atomic E-state index is 0.0856. The van der Waals surface area contributed by atoms with Gasteiger partial charge in [0.05, 0.1) is 17.8 Å². The van der Waals surface area contributed by atoms with Crippen LogP contribution in [0.2, 0.25) is 0 Å². The second kappa shape index (κ2) is 5.45. The van der Waals surface area contributed by atoms with Gasteiger partial charge in [-0.2, -0.15) is 5.10 Å². The van der Waals surface area contributed by atoms with Gasteiger partial charge in [-0.25, -0.2) is 0 Å².